The first-order valence-electron chi connectivity index (χ1n) is 28.2. The molecule has 6 saturated carbocycles. The van der Waals surface area contributed by atoms with E-state index in [1.807, 2.05) is 9.36 Å². The van der Waals surface area contributed by atoms with E-state index in [0.717, 1.165) is 126 Å². The van der Waals surface area contributed by atoms with Crippen LogP contribution < -0.4 is 0 Å². The fraction of sp³-hybridized carbons (Fsp3) is 0.633. The van der Waals surface area contributed by atoms with E-state index in [-0.39, 0.29) is 23.8 Å². The van der Waals surface area contributed by atoms with Gasteiger partial charge in [-0.25, -0.2) is 19.0 Å². The molecule has 0 bridgehead atoms. The van der Waals surface area contributed by atoms with Crippen LogP contribution in [0.1, 0.15) is 221 Å². The van der Waals surface area contributed by atoms with Crippen molar-refractivity contribution in [3.8, 4) is 11.4 Å². The average molecular weight is 979 g/mol. The number of nitrogens with zero attached hydrogens (tertiary/aromatic N) is 6. The summed E-state index contributed by atoms with van der Waals surface area (Å²) in [5.41, 5.74) is 8.51. The van der Waals surface area contributed by atoms with Crippen LogP contribution >= 0.6 is 0 Å². The van der Waals surface area contributed by atoms with Crippen molar-refractivity contribution in [1.29, 1.82) is 0 Å². The molecule has 0 radical (unpaired) electrons. The zero-order chi connectivity index (χ0) is 49.4. The molecule has 4 aromatic rings. The molecule has 12 nitrogen and oxygen atoms in total. The number of carbonyl (C=O) groups is 4. The molecule has 384 valence electrons. The Bertz CT molecular complexity index is 2430. The van der Waals surface area contributed by atoms with E-state index in [1.54, 1.807) is 12.4 Å². The van der Waals surface area contributed by atoms with E-state index in [1.165, 1.54) is 102 Å². The van der Waals surface area contributed by atoms with Crippen LogP contribution in [0, 0.1) is 22.7 Å². The highest BCUT2D eigenvalue weighted by Gasteiger charge is 2.43. The molecule has 8 aliphatic rings. The number of rotatable bonds is 10. The number of hydrogen-bond acceptors (Lipinski definition) is 8. The Kier molecular flexibility index (Phi) is 14.2. The van der Waals surface area contributed by atoms with Crippen molar-refractivity contribution < 1.29 is 28.7 Å². The molecule has 2 aromatic carbocycles. The van der Waals surface area contributed by atoms with Crippen LogP contribution in [0.5, 0.6) is 0 Å². The number of carbonyl (C=O) groups excluding carboxylic acids is 4. The summed E-state index contributed by atoms with van der Waals surface area (Å²) in [6, 6.07) is 17.2. The van der Waals surface area contributed by atoms with Crippen LogP contribution in [0.2, 0.25) is 0 Å². The first kappa shape index (κ1) is 49.0. The molecule has 0 unspecified atom stereocenters. The van der Waals surface area contributed by atoms with E-state index in [0.29, 0.717) is 57.4 Å². The average Bonchev–Trinajstić information content (AvgIpc) is 4.25. The zero-order valence-corrected chi connectivity index (χ0v) is 43.2. The lowest BCUT2D eigenvalue weighted by Crippen LogP contribution is -2.47. The third-order valence-corrected chi connectivity index (χ3v) is 18.8. The largest absolute Gasteiger partial charge is 0.465 e. The topological polar surface area (TPSA) is 129 Å². The van der Waals surface area contributed by atoms with E-state index in [4.69, 9.17) is 9.47 Å². The molecular formula is C60H78N6O6. The Balaban J connectivity index is 0.000000156. The Morgan fingerprint density at radius 2 is 0.903 bits per heavy atom. The number of methoxy groups -OCH3 is 2. The smallest absolute Gasteiger partial charge is 0.341 e. The van der Waals surface area contributed by atoms with Gasteiger partial charge in [-0.15, -0.1) is 0 Å². The number of amides is 2. The minimum Gasteiger partial charge on any atom is -0.465 e. The lowest BCUT2D eigenvalue weighted by molar-refractivity contribution is -0.141. The summed E-state index contributed by atoms with van der Waals surface area (Å²) in [6.07, 6.45) is 31.6. The number of benzene rings is 2. The lowest BCUT2D eigenvalue weighted by Gasteiger charge is -2.42. The summed E-state index contributed by atoms with van der Waals surface area (Å²) in [4.78, 5) is 56.4. The Morgan fingerprint density at radius 1 is 0.500 bits per heavy atom. The number of aromatic nitrogens is 4. The quantitative estimate of drug-likeness (QED) is 0.144. The fourth-order valence-corrected chi connectivity index (χ4v) is 14.8. The molecule has 6 aliphatic carbocycles. The van der Waals surface area contributed by atoms with Crippen molar-refractivity contribution in [3.05, 3.63) is 94.6 Å². The summed E-state index contributed by atoms with van der Waals surface area (Å²) in [6.45, 7) is 3.88. The number of piperidine rings is 2. The van der Waals surface area contributed by atoms with Crippen LogP contribution in [0.3, 0.4) is 0 Å². The summed E-state index contributed by atoms with van der Waals surface area (Å²) >= 11 is 0. The van der Waals surface area contributed by atoms with Crippen molar-refractivity contribution in [2.75, 3.05) is 40.4 Å². The van der Waals surface area contributed by atoms with Gasteiger partial charge in [-0.2, -0.15) is 10.2 Å². The maximum absolute atomic E-state index is 13.6. The predicted octanol–water partition coefficient (Wildman–Crippen LogP) is 12.0. The Hall–Kier alpha value is -5.26. The van der Waals surface area contributed by atoms with Crippen LogP contribution in [0.15, 0.2) is 60.9 Å². The summed E-state index contributed by atoms with van der Waals surface area (Å²) in [5.74, 6) is 1.98. The van der Waals surface area contributed by atoms with E-state index in [9.17, 15) is 19.2 Å². The standard InChI is InChI=1S/2C30H39N3O3/c2*1-36-29(35)26-19-31-33(27(26)21-11-12-21)25-10-5-8-23(18-25)22-7-4-9-24(17-22)28(34)32-16-6-15-30(20-32)13-2-3-14-30/h2*5,8,10,18-19,21-22,24H,2-4,6-7,9,11-17,20H2,1H3/t2*22-,24+/m10/s1. The van der Waals surface area contributed by atoms with Crippen LogP contribution in [0.4, 0.5) is 0 Å². The van der Waals surface area contributed by atoms with Gasteiger partial charge in [0.1, 0.15) is 11.1 Å². The second-order valence-electron chi connectivity index (χ2n) is 23.7. The highest BCUT2D eigenvalue weighted by molar-refractivity contribution is 5.91. The molecule has 72 heavy (non-hydrogen) atoms. The van der Waals surface area contributed by atoms with Crippen LogP contribution in [0.25, 0.3) is 11.4 Å². The van der Waals surface area contributed by atoms with Crippen molar-refractivity contribution in [1.82, 2.24) is 29.4 Å². The normalized spacial score (nSPS) is 25.8. The molecule has 2 saturated heterocycles. The Labute approximate surface area is 426 Å². The SMILES string of the molecule is COC(=O)c1cnn(-c2cccc([C@@H]3CCC[C@H](C(=O)N4CCCC5(CCCC5)C4)C3)c2)c1C1CC1.COC(=O)c1cnn(-c2cccc([C@H]3CCC[C@@H](C(=O)N4CCCC5(CCCC5)C4)C3)c2)c1C1CC1. The van der Waals surface area contributed by atoms with Gasteiger partial charge < -0.3 is 19.3 Å². The molecule has 2 spiro atoms. The number of hydrogen-bond donors (Lipinski definition) is 0. The first-order chi connectivity index (χ1) is 35.1. The predicted molar refractivity (Wildman–Crippen MR) is 277 cm³/mol. The van der Waals surface area contributed by atoms with Gasteiger partial charge in [-0.05, 0) is 174 Å². The zero-order valence-electron chi connectivity index (χ0n) is 43.2. The molecule has 2 amide bonds. The first-order valence-corrected chi connectivity index (χ1v) is 28.2. The molecule has 8 fully saturated rings. The third-order valence-electron chi connectivity index (χ3n) is 18.8. The van der Waals surface area contributed by atoms with Gasteiger partial charge in [0.2, 0.25) is 11.8 Å². The van der Waals surface area contributed by atoms with E-state index in [2.05, 4.69) is 68.5 Å². The number of likely N-dealkylation sites (tertiary alicyclic amines) is 2. The fourth-order valence-electron chi connectivity index (χ4n) is 14.8. The lowest BCUT2D eigenvalue weighted by atomic mass is 9.75. The molecule has 2 aromatic heterocycles. The molecular weight excluding hydrogens is 901 g/mol. The second kappa shape index (κ2) is 20.9. The van der Waals surface area contributed by atoms with E-state index >= 15 is 0 Å². The minimum absolute atomic E-state index is 0.140. The summed E-state index contributed by atoms with van der Waals surface area (Å²) in [7, 11) is 2.85. The molecule has 12 heteroatoms. The highest BCUT2D eigenvalue weighted by Crippen LogP contribution is 2.49. The third kappa shape index (κ3) is 10.2. The maximum Gasteiger partial charge on any atom is 0.341 e. The van der Waals surface area contributed by atoms with Gasteiger partial charge >= 0.3 is 11.9 Å². The number of esters is 2. The maximum atomic E-state index is 13.6. The highest BCUT2D eigenvalue weighted by atomic mass is 16.5. The van der Waals surface area contributed by atoms with Gasteiger partial charge in [0.15, 0.2) is 0 Å². The van der Waals surface area contributed by atoms with E-state index < -0.39 is 0 Å². The molecule has 0 N–H and O–H groups in total. The number of ether oxygens (including phenoxy) is 2. The van der Waals surface area contributed by atoms with Gasteiger partial charge in [0.05, 0.1) is 49.4 Å². The summed E-state index contributed by atoms with van der Waals surface area (Å²) in [5, 5.41) is 9.19. The molecule has 4 heterocycles. The monoisotopic (exact) mass is 979 g/mol. The minimum atomic E-state index is -0.315. The molecule has 2 aliphatic heterocycles. The van der Waals surface area contributed by atoms with Crippen LogP contribution in [-0.4, -0.2) is 93.5 Å². The van der Waals surface area contributed by atoms with Gasteiger partial charge in [-0.1, -0.05) is 62.8 Å². The van der Waals surface area contributed by atoms with Crippen molar-refractivity contribution in [2.45, 2.75) is 178 Å². The Morgan fingerprint density at radius 3 is 1.29 bits per heavy atom. The molecule has 4 atom stereocenters. The van der Waals surface area contributed by atoms with Crippen LogP contribution in [-0.2, 0) is 19.1 Å². The summed E-state index contributed by atoms with van der Waals surface area (Å²) < 4.78 is 13.9. The van der Waals surface area contributed by atoms with Crippen molar-refractivity contribution in [2.24, 2.45) is 22.7 Å². The van der Waals surface area contributed by atoms with Crippen molar-refractivity contribution in [3.63, 3.8) is 0 Å². The van der Waals surface area contributed by atoms with Gasteiger partial charge in [-0.3, -0.25) is 9.59 Å². The second-order valence-corrected chi connectivity index (χ2v) is 23.7. The van der Waals surface area contributed by atoms with Crippen molar-refractivity contribution >= 4 is 23.8 Å². The molecule has 12 rings (SSSR count). The van der Waals surface area contributed by atoms with Gasteiger partial charge in [0, 0.05) is 49.9 Å². The van der Waals surface area contributed by atoms with Gasteiger partial charge in [0.25, 0.3) is 0 Å².